The van der Waals surface area contributed by atoms with Gasteiger partial charge in [0.05, 0.1) is 0 Å². The molecule has 2 saturated heterocycles. The SMILES string of the molecule is C=C(C)C(=O)N1CCC(C(=O)CC2CCCC(CC3CCCC(CC(=O)C4CCN(C(=O)C(=C)C)CC4)C3)C2)CC1. The molecule has 0 spiro atoms. The Hall–Kier alpha value is -2.24. The predicted octanol–water partition coefficient (Wildman–Crippen LogP) is 6.54. The molecule has 6 heteroatoms. The van der Waals surface area contributed by atoms with Crippen molar-refractivity contribution < 1.29 is 19.2 Å². The molecule has 41 heavy (non-hydrogen) atoms. The standard InChI is InChI=1S/C35H54N2O4/c1-24(2)34(40)36-15-11-30(12-16-36)32(38)22-28-9-5-7-26(20-28)19-27-8-6-10-29(21-27)23-33(39)31-13-17-37(18-14-31)35(41)25(3)4/h26-31H,1,3,5-23H2,2,4H3. The number of likely N-dealkylation sites (tertiary alicyclic amines) is 2. The Kier molecular flexibility index (Phi) is 11.4. The van der Waals surface area contributed by atoms with Crippen LogP contribution in [0.4, 0.5) is 0 Å². The third-order valence-electron chi connectivity index (χ3n) is 10.6. The molecule has 6 nitrogen and oxygen atoms in total. The largest absolute Gasteiger partial charge is 0.339 e. The minimum absolute atomic E-state index is 0.0256. The van der Waals surface area contributed by atoms with Gasteiger partial charge < -0.3 is 9.80 Å². The molecule has 0 N–H and O–H groups in total. The zero-order valence-electron chi connectivity index (χ0n) is 25.8. The van der Waals surface area contributed by atoms with Gasteiger partial charge in [0.2, 0.25) is 11.8 Å². The first kappa shape index (κ1) is 31.7. The monoisotopic (exact) mass is 566 g/mol. The third-order valence-corrected chi connectivity index (χ3v) is 10.6. The van der Waals surface area contributed by atoms with E-state index in [4.69, 9.17) is 0 Å². The minimum Gasteiger partial charge on any atom is -0.339 e. The van der Waals surface area contributed by atoms with Crippen molar-refractivity contribution in [2.24, 2.45) is 35.5 Å². The zero-order chi connectivity index (χ0) is 29.5. The molecular formula is C35H54N2O4. The van der Waals surface area contributed by atoms with Gasteiger partial charge in [0.25, 0.3) is 0 Å². The highest BCUT2D eigenvalue weighted by molar-refractivity contribution is 5.93. The van der Waals surface area contributed by atoms with E-state index in [1.54, 1.807) is 13.8 Å². The van der Waals surface area contributed by atoms with E-state index in [1.165, 1.54) is 57.8 Å². The van der Waals surface area contributed by atoms with E-state index in [-0.39, 0.29) is 23.7 Å². The molecule has 0 aromatic rings. The van der Waals surface area contributed by atoms with Gasteiger partial charge in [0, 0.05) is 62.0 Å². The van der Waals surface area contributed by atoms with Crippen LogP contribution in [0.15, 0.2) is 24.3 Å². The van der Waals surface area contributed by atoms with Crippen molar-refractivity contribution in [2.45, 2.75) is 110 Å². The van der Waals surface area contributed by atoms with Crippen LogP contribution >= 0.6 is 0 Å². The molecule has 4 atom stereocenters. The molecule has 4 aliphatic rings. The summed E-state index contributed by atoms with van der Waals surface area (Å²) in [5, 5.41) is 0. The van der Waals surface area contributed by atoms with Gasteiger partial charge in [0.1, 0.15) is 11.6 Å². The Bertz CT molecular complexity index is 908. The molecule has 228 valence electrons. The van der Waals surface area contributed by atoms with Gasteiger partial charge in [-0.05, 0) is 82.5 Å². The van der Waals surface area contributed by atoms with Crippen LogP contribution in [0, 0.1) is 35.5 Å². The number of carbonyl (C=O) groups excluding carboxylic acids is 4. The van der Waals surface area contributed by atoms with Gasteiger partial charge in [-0.3, -0.25) is 19.2 Å². The third kappa shape index (κ3) is 8.88. The topological polar surface area (TPSA) is 74.8 Å². The maximum absolute atomic E-state index is 13.2. The second kappa shape index (κ2) is 14.8. The Balaban J connectivity index is 1.17. The Morgan fingerprint density at radius 3 is 1.24 bits per heavy atom. The average Bonchev–Trinajstić information content (AvgIpc) is 2.96. The fraction of sp³-hybridized carbons (Fsp3) is 0.771. The summed E-state index contributed by atoms with van der Waals surface area (Å²) in [7, 11) is 0. The smallest absolute Gasteiger partial charge is 0.248 e. The van der Waals surface area contributed by atoms with Crippen LogP contribution in [-0.4, -0.2) is 59.4 Å². The van der Waals surface area contributed by atoms with Crippen LogP contribution in [0.2, 0.25) is 0 Å². The van der Waals surface area contributed by atoms with Crippen LogP contribution < -0.4 is 0 Å². The fourth-order valence-electron chi connectivity index (χ4n) is 8.33. The van der Waals surface area contributed by atoms with E-state index in [1.807, 2.05) is 9.80 Å². The van der Waals surface area contributed by atoms with Gasteiger partial charge in [-0.25, -0.2) is 0 Å². The van der Waals surface area contributed by atoms with Crippen LogP contribution in [0.1, 0.15) is 110 Å². The van der Waals surface area contributed by atoms with Crippen molar-refractivity contribution in [1.29, 1.82) is 0 Å². The summed E-state index contributed by atoms with van der Waals surface area (Å²) in [5.41, 5.74) is 1.15. The van der Waals surface area contributed by atoms with E-state index in [9.17, 15) is 19.2 Å². The molecule has 2 aliphatic carbocycles. The highest BCUT2D eigenvalue weighted by Crippen LogP contribution is 2.41. The first-order chi connectivity index (χ1) is 19.6. The van der Waals surface area contributed by atoms with Gasteiger partial charge in [-0.15, -0.1) is 0 Å². The molecule has 2 saturated carbocycles. The van der Waals surface area contributed by atoms with Crippen molar-refractivity contribution >= 4 is 23.4 Å². The number of piperidine rings is 2. The zero-order valence-corrected chi connectivity index (χ0v) is 25.8. The van der Waals surface area contributed by atoms with Gasteiger partial charge in [0.15, 0.2) is 0 Å². The number of hydrogen-bond acceptors (Lipinski definition) is 4. The summed E-state index contributed by atoms with van der Waals surface area (Å²) in [6.45, 7) is 13.8. The van der Waals surface area contributed by atoms with E-state index < -0.39 is 0 Å². The number of amides is 2. The van der Waals surface area contributed by atoms with Crippen LogP contribution in [0.25, 0.3) is 0 Å². The summed E-state index contributed by atoms with van der Waals surface area (Å²) in [6.07, 6.45) is 15.6. The molecule has 4 unspecified atom stereocenters. The number of carbonyl (C=O) groups is 4. The highest BCUT2D eigenvalue weighted by atomic mass is 16.2. The molecule has 2 heterocycles. The molecule has 4 fully saturated rings. The lowest BCUT2D eigenvalue weighted by Crippen LogP contribution is -2.40. The van der Waals surface area contributed by atoms with Crippen molar-refractivity contribution in [1.82, 2.24) is 9.80 Å². The molecule has 2 aliphatic heterocycles. The molecule has 4 rings (SSSR count). The molecule has 0 aromatic heterocycles. The summed E-state index contributed by atoms with van der Waals surface area (Å²) in [4.78, 5) is 54.4. The van der Waals surface area contributed by atoms with Crippen LogP contribution in [0.3, 0.4) is 0 Å². The van der Waals surface area contributed by atoms with Crippen molar-refractivity contribution in [3.63, 3.8) is 0 Å². The second-order valence-corrected chi connectivity index (χ2v) is 14.1. The van der Waals surface area contributed by atoms with E-state index in [0.717, 1.165) is 25.7 Å². The van der Waals surface area contributed by atoms with E-state index in [0.29, 0.717) is 85.4 Å². The summed E-state index contributed by atoms with van der Waals surface area (Å²) in [6, 6.07) is 0. The molecule has 0 aromatic carbocycles. The predicted molar refractivity (Wildman–Crippen MR) is 163 cm³/mol. The summed E-state index contributed by atoms with van der Waals surface area (Å²) in [5.74, 6) is 3.57. The minimum atomic E-state index is 0.0256. The number of rotatable bonds is 10. The van der Waals surface area contributed by atoms with Gasteiger partial charge >= 0.3 is 0 Å². The van der Waals surface area contributed by atoms with Crippen molar-refractivity contribution in [3.8, 4) is 0 Å². The Morgan fingerprint density at radius 1 is 0.561 bits per heavy atom. The second-order valence-electron chi connectivity index (χ2n) is 14.1. The number of hydrogen-bond donors (Lipinski definition) is 0. The lowest BCUT2D eigenvalue weighted by molar-refractivity contribution is -0.132. The molecule has 0 bridgehead atoms. The van der Waals surface area contributed by atoms with Crippen molar-refractivity contribution in [2.75, 3.05) is 26.2 Å². The quantitative estimate of drug-likeness (QED) is 0.282. The van der Waals surface area contributed by atoms with E-state index >= 15 is 0 Å². The van der Waals surface area contributed by atoms with Crippen molar-refractivity contribution in [3.05, 3.63) is 24.3 Å². The number of ketones is 2. The van der Waals surface area contributed by atoms with Crippen LogP contribution in [0.5, 0.6) is 0 Å². The fourth-order valence-corrected chi connectivity index (χ4v) is 8.33. The first-order valence-corrected chi connectivity index (χ1v) is 16.6. The molecular weight excluding hydrogens is 512 g/mol. The molecule has 2 amide bonds. The van der Waals surface area contributed by atoms with Gasteiger partial charge in [-0.2, -0.15) is 0 Å². The lowest BCUT2D eigenvalue weighted by Gasteiger charge is -2.36. The maximum atomic E-state index is 13.2. The normalized spacial score (nSPS) is 28.2. The Morgan fingerprint density at radius 2 is 0.902 bits per heavy atom. The van der Waals surface area contributed by atoms with Crippen LogP contribution in [-0.2, 0) is 19.2 Å². The van der Waals surface area contributed by atoms with E-state index in [2.05, 4.69) is 13.2 Å². The number of nitrogens with zero attached hydrogens (tertiary/aromatic N) is 2. The average molecular weight is 567 g/mol. The summed E-state index contributed by atoms with van der Waals surface area (Å²) >= 11 is 0. The maximum Gasteiger partial charge on any atom is 0.248 e. The Labute approximate surface area is 248 Å². The number of Topliss-reactive ketones (excluding diaryl/α,β-unsaturated/α-hetero) is 2. The first-order valence-electron chi connectivity index (χ1n) is 16.6. The lowest BCUT2D eigenvalue weighted by atomic mass is 9.70. The van der Waals surface area contributed by atoms with Gasteiger partial charge in [-0.1, -0.05) is 51.7 Å². The summed E-state index contributed by atoms with van der Waals surface area (Å²) < 4.78 is 0. The molecule has 0 radical (unpaired) electrons. The highest BCUT2D eigenvalue weighted by Gasteiger charge is 2.34.